The maximum Gasteiger partial charge on any atom is 0.319 e. The van der Waals surface area contributed by atoms with E-state index in [4.69, 9.17) is 43.4 Å². The molecule has 0 aromatic heterocycles. The summed E-state index contributed by atoms with van der Waals surface area (Å²) in [6.45, 7) is 18.4. The molecule has 2 amide bonds. The van der Waals surface area contributed by atoms with Crippen LogP contribution >= 0.6 is 48.0 Å². The SMILES string of the molecule is C=CN1CCCC1=O.CCCCCCCCCCCCCCCCCCOC(=O)C(C)CC(SC(=S)OCC)N1CCCC1=O.CCOC(=O)C(C)SC(=S)OCC. The molecule has 2 heterocycles. The molecule has 2 aliphatic rings. The molecular weight excluding hydrogens is 813 g/mol. The summed E-state index contributed by atoms with van der Waals surface area (Å²) in [5, 5.41) is -0.467. The Balaban J connectivity index is 0.00000125. The lowest BCUT2D eigenvalue weighted by atomic mass is 10.0. The summed E-state index contributed by atoms with van der Waals surface area (Å²) in [4.78, 5) is 50.1. The number of thiocarbonyl (C=S) groups is 2. The van der Waals surface area contributed by atoms with Crippen LogP contribution in [0.15, 0.2) is 12.8 Å². The van der Waals surface area contributed by atoms with E-state index in [0.717, 1.165) is 32.2 Å². The van der Waals surface area contributed by atoms with Crippen molar-refractivity contribution in [3.05, 3.63) is 12.8 Å². The van der Waals surface area contributed by atoms with Crippen molar-refractivity contribution in [2.45, 2.75) is 187 Å². The number of nitrogens with zero attached hydrogens (tertiary/aromatic N) is 2. The number of hydrogen-bond acceptors (Lipinski definition) is 12. The third-order valence-electron chi connectivity index (χ3n) is 9.64. The molecule has 14 heteroatoms. The van der Waals surface area contributed by atoms with Gasteiger partial charge in [0, 0.05) is 25.9 Å². The fraction of sp³-hybridized carbons (Fsp3) is 0.818. The summed E-state index contributed by atoms with van der Waals surface area (Å²) in [5.41, 5.74) is 0. The molecule has 0 aromatic carbocycles. The van der Waals surface area contributed by atoms with Crippen molar-refractivity contribution in [1.29, 1.82) is 0 Å². The topological polar surface area (TPSA) is 112 Å². The molecule has 0 saturated carbocycles. The van der Waals surface area contributed by atoms with Gasteiger partial charge in [-0.3, -0.25) is 19.2 Å². The third-order valence-corrected chi connectivity index (χ3v) is 12.3. The first-order valence-electron chi connectivity index (χ1n) is 22.2. The molecule has 2 saturated heterocycles. The number of rotatable bonds is 28. The fourth-order valence-corrected chi connectivity index (χ4v) is 9.09. The van der Waals surface area contributed by atoms with Gasteiger partial charge in [-0.1, -0.05) is 140 Å². The molecule has 0 spiro atoms. The van der Waals surface area contributed by atoms with E-state index in [2.05, 4.69) is 13.5 Å². The van der Waals surface area contributed by atoms with Gasteiger partial charge in [0.25, 0.3) is 0 Å². The van der Waals surface area contributed by atoms with Gasteiger partial charge in [-0.05, 0) is 84.0 Å². The van der Waals surface area contributed by atoms with E-state index in [1.54, 1.807) is 24.9 Å². The van der Waals surface area contributed by atoms with Crippen LogP contribution in [0.1, 0.15) is 176 Å². The number of unbranched alkanes of at least 4 members (excludes halogenated alkanes) is 15. The van der Waals surface area contributed by atoms with Gasteiger partial charge in [0.1, 0.15) is 5.25 Å². The average Bonchev–Trinajstić information content (AvgIpc) is 3.83. The van der Waals surface area contributed by atoms with Crippen molar-refractivity contribution in [2.24, 2.45) is 5.92 Å². The lowest BCUT2D eigenvalue weighted by Gasteiger charge is -2.28. The van der Waals surface area contributed by atoms with Crippen molar-refractivity contribution < 1.29 is 38.1 Å². The summed E-state index contributed by atoms with van der Waals surface area (Å²) in [7, 11) is 0. The number of amides is 2. The van der Waals surface area contributed by atoms with E-state index in [1.165, 1.54) is 113 Å². The Morgan fingerprint density at radius 3 is 1.53 bits per heavy atom. The van der Waals surface area contributed by atoms with Gasteiger partial charge in [-0.2, -0.15) is 0 Å². The Kier molecular flexibility index (Phi) is 36.8. The standard InChI is InChI=1S/C30H55NO4S2.C8H14O3S2.C6H9NO/c1-4-6-7-8-9-10-11-12-13-14-15-16-17-18-19-20-24-35-29(33)26(3)25-28(37-30(36)34-5-2)31-23-21-22-27(31)32;1-4-10-7(9)6(3)13-8(12)11-5-2;1-2-7-5-3-4-6(7)8/h26,28H,4-25H2,1-3H3;6H,4-5H2,1-3H3;2H,1,3-5H2. The van der Waals surface area contributed by atoms with Crippen LogP contribution in [-0.4, -0.2) is 92.5 Å². The van der Waals surface area contributed by atoms with Crippen molar-refractivity contribution in [3.8, 4) is 0 Å². The number of esters is 2. The molecule has 336 valence electrons. The van der Waals surface area contributed by atoms with Crippen LogP contribution in [0.5, 0.6) is 0 Å². The number of carbonyl (C=O) groups excluding carboxylic acids is 4. The Labute approximate surface area is 371 Å². The molecule has 0 radical (unpaired) electrons. The number of hydrogen-bond donors (Lipinski definition) is 0. The maximum atomic E-state index is 12.5. The molecule has 0 aromatic rings. The van der Waals surface area contributed by atoms with Crippen molar-refractivity contribution in [1.82, 2.24) is 9.80 Å². The van der Waals surface area contributed by atoms with Crippen LogP contribution in [0.3, 0.4) is 0 Å². The smallest absolute Gasteiger partial charge is 0.319 e. The molecular formula is C44H78N2O8S4. The average molecular weight is 891 g/mol. The second-order valence-corrected chi connectivity index (χ2v) is 18.3. The van der Waals surface area contributed by atoms with Crippen molar-refractivity contribution in [3.63, 3.8) is 0 Å². The summed E-state index contributed by atoms with van der Waals surface area (Å²) in [6, 6.07) is 0. The quantitative estimate of drug-likeness (QED) is 0.0423. The van der Waals surface area contributed by atoms with E-state index in [-0.39, 0.29) is 40.3 Å². The number of ether oxygens (including phenoxy) is 4. The van der Waals surface area contributed by atoms with Gasteiger partial charge in [0.2, 0.25) is 20.6 Å². The van der Waals surface area contributed by atoms with E-state index >= 15 is 0 Å². The molecule has 3 atom stereocenters. The minimum Gasteiger partial charge on any atom is -0.479 e. The third kappa shape index (κ3) is 29.3. The van der Waals surface area contributed by atoms with Gasteiger partial charge in [-0.25, -0.2) is 0 Å². The molecule has 10 nitrogen and oxygen atoms in total. The fourth-order valence-electron chi connectivity index (χ4n) is 6.31. The highest BCUT2D eigenvalue weighted by molar-refractivity contribution is 8.23. The first-order chi connectivity index (χ1) is 27.9. The van der Waals surface area contributed by atoms with Gasteiger partial charge in [0.05, 0.1) is 37.7 Å². The van der Waals surface area contributed by atoms with Crippen LogP contribution in [0.2, 0.25) is 0 Å². The van der Waals surface area contributed by atoms with E-state index in [0.29, 0.717) is 61.0 Å². The first kappa shape index (κ1) is 56.1. The molecule has 2 fully saturated rings. The molecule has 2 rings (SSSR count). The Morgan fingerprint density at radius 2 is 1.12 bits per heavy atom. The van der Waals surface area contributed by atoms with Gasteiger partial charge in [-0.15, -0.1) is 0 Å². The van der Waals surface area contributed by atoms with Crippen LogP contribution < -0.4 is 0 Å². The zero-order valence-corrected chi connectivity index (χ0v) is 40.2. The molecule has 3 unspecified atom stereocenters. The maximum absolute atomic E-state index is 12.5. The van der Waals surface area contributed by atoms with Crippen molar-refractivity contribution in [2.75, 3.05) is 39.5 Å². The molecule has 58 heavy (non-hydrogen) atoms. The van der Waals surface area contributed by atoms with Crippen LogP contribution in [0, 0.1) is 5.92 Å². The second kappa shape index (κ2) is 38.1. The lowest BCUT2D eigenvalue weighted by molar-refractivity contribution is -0.149. The largest absolute Gasteiger partial charge is 0.479 e. The molecule has 0 bridgehead atoms. The number of thioether (sulfide) groups is 2. The Hall–Kier alpha value is -1.90. The normalized spacial score (nSPS) is 15.0. The van der Waals surface area contributed by atoms with E-state index in [1.807, 2.05) is 25.7 Å². The highest BCUT2D eigenvalue weighted by Crippen LogP contribution is 2.29. The Morgan fingerprint density at radius 1 is 0.655 bits per heavy atom. The summed E-state index contributed by atoms with van der Waals surface area (Å²) >= 11 is 12.7. The van der Waals surface area contributed by atoms with E-state index < -0.39 is 0 Å². The zero-order chi connectivity index (χ0) is 43.4. The number of likely N-dealkylation sites (tertiary alicyclic amines) is 2. The highest BCUT2D eigenvalue weighted by atomic mass is 32.2. The summed E-state index contributed by atoms with van der Waals surface area (Å²) in [6.07, 6.45) is 26.5. The minimum atomic E-state index is -0.293. The van der Waals surface area contributed by atoms with Gasteiger partial charge >= 0.3 is 11.9 Å². The second-order valence-electron chi connectivity index (χ2n) is 14.6. The lowest BCUT2D eigenvalue weighted by Crippen LogP contribution is -2.37. The van der Waals surface area contributed by atoms with Crippen LogP contribution in [0.4, 0.5) is 0 Å². The highest BCUT2D eigenvalue weighted by Gasteiger charge is 2.32. The monoisotopic (exact) mass is 890 g/mol. The first-order valence-corrected chi connectivity index (χ1v) is 24.7. The predicted molar refractivity (Wildman–Crippen MR) is 250 cm³/mol. The van der Waals surface area contributed by atoms with Gasteiger partial charge < -0.3 is 28.7 Å². The van der Waals surface area contributed by atoms with Crippen LogP contribution in [-0.2, 0) is 38.1 Å². The summed E-state index contributed by atoms with van der Waals surface area (Å²) < 4.78 is 21.6. The van der Waals surface area contributed by atoms with Gasteiger partial charge in [0.15, 0.2) is 0 Å². The zero-order valence-electron chi connectivity index (χ0n) is 36.9. The molecule has 0 N–H and O–H groups in total. The predicted octanol–water partition coefficient (Wildman–Crippen LogP) is 11.6. The minimum absolute atomic E-state index is 0.130. The molecule has 2 aliphatic heterocycles. The Bertz CT molecular complexity index is 1160. The van der Waals surface area contributed by atoms with Crippen LogP contribution in [0.25, 0.3) is 0 Å². The number of carbonyl (C=O) groups is 4. The van der Waals surface area contributed by atoms with E-state index in [9.17, 15) is 19.2 Å². The molecule has 0 aliphatic carbocycles. The summed E-state index contributed by atoms with van der Waals surface area (Å²) in [5.74, 6) is -0.378. The van der Waals surface area contributed by atoms with Crippen molar-refractivity contribution >= 4 is 80.5 Å².